The Bertz CT molecular complexity index is 893. The predicted molar refractivity (Wildman–Crippen MR) is 135 cm³/mol. The first-order valence-electron chi connectivity index (χ1n) is 12.5. The van der Waals surface area contributed by atoms with Crippen LogP contribution in [0.2, 0.25) is 0 Å². The van der Waals surface area contributed by atoms with Gasteiger partial charge in [0.2, 0.25) is 0 Å². The van der Waals surface area contributed by atoms with E-state index in [2.05, 4.69) is 17.4 Å². The van der Waals surface area contributed by atoms with E-state index in [9.17, 15) is 15.0 Å². The topological polar surface area (TPSA) is 78.8 Å². The summed E-state index contributed by atoms with van der Waals surface area (Å²) in [7, 11) is 0. The molecule has 0 aliphatic carbocycles. The summed E-state index contributed by atoms with van der Waals surface area (Å²) in [6.07, 6.45) is 5.59. The number of rotatable bonds is 9. The number of phenols is 2. The first kappa shape index (κ1) is 29.0. The second kappa shape index (κ2) is 13.2. The molecule has 194 valence electrons. The van der Waals surface area contributed by atoms with E-state index in [0.29, 0.717) is 11.5 Å². The highest BCUT2D eigenvalue weighted by molar-refractivity contribution is 5.68. The summed E-state index contributed by atoms with van der Waals surface area (Å²) in [6, 6.07) is 15.1. The van der Waals surface area contributed by atoms with Crippen LogP contribution in [0.25, 0.3) is 0 Å². The summed E-state index contributed by atoms with van der Waals surface area (Å²) in [5.74, 6) is 0.624. The van der Waals surface area contributed by atoms with Gasteiger partial charge in [-0.05, 0) is 81.8 Å². The van der Waals surface area contributed by atoms with Crippen LogP contribution >= 0.6 is 0 Å². The molecule has 0 radical (unpaired) electrons. The maximum absolute atomic E-state index is 12.4. The molecule has 1 amide bonds. The number of halogens is 1. The molecule has 3 N–H and O–H groups in total. The zero-order valence-electron chi connectivity index (χ0n) is 21.3. The molecule has 2 aromatic rings. The van der Waals surface area contributed by atoms with Gasteiger partial charge in [-0.3, -0.25) is 0 Å². The number of hydrogen-bond donors (Lipinski definition) is 3. The Hall–Kier alpha value is -2.25. The van der Waals surface area contributed by atoms with Crippen LogP contribution in [0.4, 0.5) is 4.79 Å². The van der Waals surface area contributed by atoms with Gasteiger partial charge < -0.3 is 41.7 Å². The lowest BCUT2D eigenvalue weighted by molar-refractivity contribution is -0.933. The van der Waals surface area contributed by atoms with Crippen molar-refractivity contribution in [1.29, 1.82) is 0 Å². The number of ether oxygens (including phenoxy) is 1. The van der Waals surface area contributed by atoms with Gasteiger partial charge in [-0.1, -0.05) is 24.3 Å². The van der Waals surface area contributed by atoms with Crippen molar-refractivity contribution in [3.63, 3.8) is 0 Å². The number of alkyl carbamates (subject to hydrolysis) is 1. The van der Waals surface area contributed by atoms with Crippen LogP contribution in [0.5, 0.6) is 11.5 Å². The number of likely N-dealkylation sites (tertiary alicyclic amines) is 1. The Morgan fingerprint density at radius 3 is 2.03 bits per heavy atom. The lowest BCUT2D eigenvalue weighted by atomic mass is 9.99. The summed E-state index contributed by atoms with van der Waals surface area (Å²) in [5, 5.41) is 22.7. The molecule has 7 heteroatoms. The SMILES string of the molecule is CC(C)(C)OC(=O)N[C@H]1CCC[N+](CCCc2cccc(O)c2)(CCCc2cccc(O)c2)C1.[Br-]. The minimum Gasteiger partial charge on any atom is -1.00 e. The maximum Gasteiger partial charge on any atom is 0.408 e. The standard InChI is InChI=1S/C28H40N2O4.BrH/c1-28(2,3)34-27(33)29-24-13-8-18-30(21-24,16-6-11-22-9-4-14-25(31)19-22)17-7-12-23-10-5-15-26(32)20-23;/h4-5,9-10,14-15,19-20,24H,6-8,11-13,16-18,21H2,1-3H3,(H2-,29,31,32,33);1H/t24-;/m0./s1. The summed E-state index contributed by atoms with van der Waals surface area (Å²) >= 11 is 0. The molecular weight excluding hydrogens is 508 g/mol. The van der Waals surface area contributed by atoms with Crippen LogP contribution in [-0.4, -0.2) is 58.6 Å². The highest BCUT2D eigenvalue weighted by Crippen LogP contribution is 2.24. The van der Waals surface area contributed by atoms with Crippen LogP contribution in [0.15, 0.2) is 48.5 Å². The number of nitrogens with one attached hydrogen (secondary N) is 1. The van der Waals surface area contributed by atoms with Crippen LogP contribution in [0.1, 0.15) is 57.6 Å². The molecule has 1 aliphatic rings. The number of nitrogens with zero attached hydrogens (tertiary/aromatic N) is 1. The van der Waals surface area contributed by atoms with Crippen molar-refractivity contribution in [1.82, 2.24) is 5.32 Å². The molecule has 1 atom stereocenters. The monoisotopic (exact) mass is 548 g/mol. The van der Waals surface area contributed by atoms with E-state index in [1.807, 2.05) is 45.0 Å². The minimum absolute atomic E-state index is 0. The second-order valence-corrected chi connectivity index (χ2v) is 10.7. The molecule has 1 heterocycles. The molecule has 0 saturated carbocycles. The van der Waals surface area contributed by atoms with Gasteiger partial charge in [0.05, 0.1) is 32.2 Å². The van der Waals surface area contributed by atoms with E-state index in [4.69, 9.17) is 4.74 Å². The zero-order valence-corrected chi connectivity index (χ0v) is 22.9. The van der Waals surface area contributed by atoms with E-state index in [1.54, 1.807) is 12.1 Å². The van der Waals surface area contributed by atoms with Gasteiger partial charge in [-0.2, -0.15) is 0 Å². The smallest absolute Gasteiger partial charge is 0.408 e. The van der Waals surface area contributed by atoms with Gasteiger partial charge in [0.25, 0.3) is 0 Å². The van der Waals surface area contributed by atoms with Crippen molar-refractivity contribution < 1.29 is 41.2 Å². The number of piperidine rings is 1. The average Bonchev–Trinajstić information content (AvgIpc) is 2.73. The number of carbonyl (C=O) groups excluding carboxylic acids is 1. The molecule has 3 rings (SSSR count). The van der Waals surface area contributed by atoms with Crippen molar-refractivity contribution in [2.45, 2.75) is 70.9 Å². The van der Waals surface area contributed by atoms with E-state index in [-0.39, 0.29) is 29.1 Å². The molecule has 0 aromatic heterocycles. The molecule has 0 spiro atoms. The van der Waals surface area contributed by atoms with Crippen LogP contribution in [-0.2, 0) is 17.6 Å². The van der Waals surface area contributed by atoms with Crippen molar-refractivity contribution in [3.05, 3.63) is 59.7 Å². The van der Waals surface area contributed by atoms with E-state index >= 15 is 0 Å². The van der Waals surface area contributed by atoms with Crippen LogP contribution < -0.4 is 22.3 Å². The Kier molecular flexibility index (Phi) is 10.9. The van der Waals surface area contributed by atoms with Gasteiger partial charge >= 0.3 is 6.09 Å². The van der Waals surface area contributed by atoms with Gasteiger partial charge in [0.15, 0.2) is 0 Å². The lowest BCUT2D eigenvalue weighted by Crippen LogP contribution is -3.00. The van der Waals surface area contributed by atoms with Gasteiger partial charge in [0, 0.05) is 12.8 Å². The number of hydrogen-bond acceptors (Lipinski definition) is 4. The largest absolute Gasteiger partial charge is 1.00 e. The number of aryl methyl sites for hydroxylation is 2. The molecule has 1 fully saturated rings. The normalized spacial score (nSPS) is 17.3. The fraction of sp³-hybridized carbons (Fsp3) is 0.536. The molecule has 6 nitrogen and oxygen atoms in total. The summed E-state index contributed by atoms with van der Waals surface area (Å²) < 4.78 is 6.47. The fourth-order valence-corrected chi connectivity index (χ4v) is 5.09. The van der Waals surface area contributed by atoms with Crippen LogP contribution in [0.3, 0.4) is 0 Å². The maximum atomic E-state index is 12.4. The van der Waals surface area contributed by atoms with Gasteiger partial charge in [-0.15, -0.1) is 0 Å². The van der Waals surface area contributed by atoms with Crippen molar-refractivity contribution in [3.8, 4) is 11.5 Å². The number of benzene rings is 2. The molecule has 0 bridgehead atoms. The lowest BCUT2D eigenvalue weighted by Gasteiger charge is -2.45. The van der Waals surface area contributed by atoms with Gasteiger partial charge in [-0.25, -0.2) is 4.79 Å². The van der Waals surface area contributed by atoms with Gasteiger partial charge in [0.1, 0.15) is 17.1 Å². The number of carbonyl (C=O) groups is 1. The molecule has 1 saturated heterocycles. The first-order chi connectivity index (χ1) is 16.1. The first-order valence-corrected chi connectivity index (χ1v) is 12.5. The van der Waals surface area contributed by atoms with Crippen molar-refractivity contribution >= 4 is 6.09 Å². The third kappa shape index (κ3) is 10.1. The highest BCUT2D eigenvalue weighted by Gasteiger charge is 2.35. The number of quaternary nitrogens is 1. The number of phenolic OH excluding ortho intramolecular Hbond substituents is 2. The Morgan fingerprint density at radius 1 is 1.00 bits per heavy atom. The molecule has 2 aromatic carbocycles. The Morgan fingerprint density at radius 2 is 1.54 bits per heavy atom. The molecular formula is C28H41BrN2O4. The average molecular weight is 550 g/mol. The van der Waals surface area contributed by atoms with Crippen molar-refractivity contribution in [2.75, 3.05) is 26.2 Å². The third-order valence-corrected chi connectivity index (χ3v) is 6.53. The van der Waals surface area contributed by atoms with Crippen LogP contribution in [0, 0.1) is 0 Å². The highest BCUT2D eigenvalue weighted by atomic mass is 79.9. The summed E-state index contributed by atoms with van der Waals surface area (Å²) in [6.45, 7) is 9.72. The quantitative estimate of drug-likeness (QED) is 0.419. The number of aromatic hydroxyl groups is 2. The zero-order chi connectivity index (χ0) is 24.6. The summed E-state index contributed by atoms with van der Waals surface area (Å²) in [4.78, 5) is 12.4. The Balaban J connectivity index is 0.00000432. The van der Waals surface area contributed by atoms with Crippen molar-refractivity contribution in [2.24, 2.45) is 0 Å². The summed E-state index contributed by atoms with van der Waals surface area (Å²) in [5.41, 5.74) is 1.80. The van der Waals surface area contributed by atoms with E-state index in [0.717, 1.165) is 80.3 Å². The third-order valence-electron chi connectivity index (χ3n) is 6.53. The predicted octanol–water partition coefficient (Wildman–Crippen LogP) is 2.17. The minimum atomic E-state index is -0.507. The molecule has 35 heavy (non-hydrogen) atoms. The molecule has 1 aliphatic heterocycles. The number of amides is 1. The fourth-order valence-electron chi connectivity index (χ4n) is 5.09. The second-order valence-electron chi connectivity index (χ2n) is 10.7. The van der Waals surface area contributed by atoms with E-state index < -0.39 is 5.60 Å². The Labute approximate surface area is 220 Å². The molecule has 0 unspecified atom stereocenters. The van der Waals surface area contributed by atoms with E-state index in [1.165, 1.54) is 0 Å².